The summed E-state index contributed by atoms with van der Waals surface area (Å²) in [4.78, 5) is 20.0. The summed E-state index contributed by atoms with van der Waals surface area (Å²) in [6.07, 6.45) is 3.33. The van der Waals surface area contributed by atoms with Crippen LogP contribution in [0, 0.1) is 0 Å². The zero-order valence-corrected chi connectivity index (χ0v) is 15.9. The van der Waals surface area contributed by atoms with Gasteiger partial charge in [-0.3, -0.25) is 4.79 Å². The van der Waals surface area contributed by atoms with Crippen LogP contribution >= 0.6 is 0 Å². The summed E-state index contributed by atoms with van der Waals surface area (Å²) in [6.45, 7) is 6.18. The number of hydrogen-bond acceptors (Lipinski definition) is 7. The fraction of sp³-hybridized carbons (Fsp3) is 0.400. The second-order valence-corrected chi connectivity index (χ2v) is 6.80. The van der Waals surface area contributed by atoms with Crippen molar-refractivity contribution in [2.75, 3.05) is 37.1 Å². The maximum atomic E-state index is 13.1. The van der Waals surface area contributed by atoms with Crippen LogP contribution in [0.2, 0.25) is 0 Å². The highest BCUT2D eigenvalue weighted by Gasteiger charge is 2.25. The van der Waals surface area contributed by atoms with Gasteiger partial charge in [0.2, 0.25) is 5.88 Å². The van der Waals surface area contributed by atoms with Gasteiger partial charge in [-0.15, -0.1) is 10.2 Å². The molecule has 146 valence electrons. The van der Waals surface area contributed by atoms with Crippen molar-refractivity contribution < 1.29 is 14.3 Å². The normalized spacial score (nSPS) is 16.5. The molecule has 4 rings (SSSR count). The second-order valence-electron chi connectivity index (χ2n) is 6.80. The van der Waals surface area contributed by atoms with E-state index in [9.17, 15) is 4.79 Å². The first-order chi connectivity index (χ1) is 13.7. The van der Waals surface area contributed by atoms with Gasteiger partial charge in [-0.2, -0.15) is 0 Å². The first-order valence-electron chi connectivity index (χ1n) is 9.40. The van der Waals surface area contributed by atoms with Gasteiger partial charge in [-0.25, -0.2) is 4.98 Å². The molecule has 0 saturated carbocycles. The second kappa shape index (κ2) is 7.93. The first kappa shape index (κ1) is 18.4. The van der Waals surface area contributed by atoms with Crippen molar-refractivity contribution in [3.8, 4) is 5.88 Å². The minimum atomic E-state index is -0.230. The van der Waals surface area contributed by atoms with E-state index < -0.39 is 0 Å². The molecule has 8 nitrogen and oxygen atoms in total. The lowest BCUT2D eigenvalue weighted by atomic mass is 10.0. The molecule has 2 aliphatic rings. The van der Waals surface area contributed by atoms with Gasteiger partial charge in [0.25, 0.3) is 5.91 Å². The number of carbonyl (C=O) groups excluding carboxylic acids is 1. The van der Waals surface area contributed by atoms with Crippen LogP contribution in [-0.2, 0) is 17.6 Å². The Bertz CT molecular complexity index is 897. The quantitative estimate of drug-likeness (QED) is 0.869. The molecule has 0 bridgehead atoms. The molecule has 1 N–H and O–H groups in total. The zero-order valence-electron chi connectivity index (χ0n) is 15.9. The largest absolute Gasteiger partial charge is 0.480 e. The van der Waals surface area contributed by atoms with Crippen LogP contribution in [0.25, 0.3) is 0 Å². The summed E-state index contributed by atoms with van der Waals surface area (Å²) in [5, 5.41) is 10.7. The Kier molecular flexibility index (Phi) is 5.21. The first-order valence-corrected chi connectivity index (χ1v) is 9.40. The Morgan fingerprint density at radius 3 is 2.82 bits per heavy atom. The Morgan fingerprint density at radius 1 is 1.25 bits per heavy atom. The SMILES string of the molecule is C=C1CCCN1c1cc(C(=O)Nc2ccc(OC)nn2)c2c(n1)CCOCC2. The Morgan fingerprint density at radius 2 is 2.11 bits per heavy atom. The fourth-order valence-electron chi connectivity index (χ4n) is 3.57. The third-order valence-corrected chi connectivity index (χ3v) is 5.02. The van der Waals surface area contributed by atoms with Crippen molar-refractivity contribution in [1.29, 1.82) is 0 Å². The molecule has 0 unspecified atom stereocenters. The van der Waals surface area contributed by atoms with Crippen molar-refractivity contribution in [2.45, 2.75) is 25.7 Å². The monoisotopic (exact) mass is 381 g/mol. The summed E-state index contributed by atoms with van der Waals surface area (Å²) in [5.74, 6) is 1.30. The number of anilines is 2. The Labute approximate surface area is 163 Å². The van der Waals surface area contributed by atoms with Crippen LogP contribution in [0.5, 0.6) is 5.88 Å². The summed E-state index contributed by atoms with van der Waals surface area (Å²) in [5.41, 5.74) is 3.48. The van der Waals surface area contributed by atoms with Crippen LogP contribution in [0.15, 0.2) is 30.5 Å². The average molecular weight is 381 g/mol. The van der Waals surface area contributed by atoms with Gasteiger partial charge in [-0.1, -0.05) is 6.58 Å². The number of ether oxygens (including phenoxy) is 2. The van der Waals surface area contributed by atoms with Gasteiger partial charge in [0, 0.05) is 36.0 Å². The average Bonchev–Trinajstić information content (AvgIpc) is 3.00. The molecule has 1 amide bonds. The van der Waals surface area contributed by atoms with Crippen molar-refractivity contribution in [1.82, 2.24) is 15.2 Å². The van der Waals surface area contributed by atoms with E-state index >= 15 is 0 Å². The number of pyridine rings is 1. The highest BCUT2D eigenvalue weighted by atomic mass is 16.5. The topological polar surface area (TPSA) is 89.5 Å². The Hall–Kier alpha value is -3.00. The standard InChI is InChI=1S/C20H23N5O3/c1-13-4-3-9-25(13)18-12-15(14-7-10-28-11-8-16(14)21-18)20(26)22-17-5-6-19(27-2)24-23-17/h5-6,12H,1,3-4,7-11H2,2H3,(H,22,23,26). The highest BCUT2D eigenvalue weighted by Crippen LogP contribution is 2.30. The predicted molar refractivity (Wildman–Crippen MR) is 105 cm³/mol. The molecule has 0 spiro atoms. The number of fused-ring (bicyclic) bond motifs is 1. The number of hydrogen-bond donors (Lipinski definition) is 1. The third kappa shape index (κ3) is 3.68. The number of carbonyl (C=O) groups is 1. The summed E-state index contributed by atoms with van der Waals surface area (Å²) < 4.78 is 10.6. The van der Waals surface area contributed by atoms with Gasteiger partial charge < -0.3 is 19.7 Å². The molecule has 0 aromatic carbocycles. The summed E-state index contributed by atoms with van der Waals surface area (Å²) in [7, 11) is 1.52. The van der Waals surface area contributed by atoms with E-state index in [4.69, 9.17) is 14.5 Å². The number of nitrogens with zero attached hydrogens (tertiary/aromatic N) is 4. The van der Waals surface area contributed by atoms with Gasteiger partial charge in [0.1, 0.15) is 5.82 Å². The summed E-state index contributed by atoms with van der Waals surface area (Å²) in [6, 6.07) is 5.17. The van der Waals surface area contributed by atoms with E-state index in [1.165, 1.54) is 7.11 Å². The fourth-order valence-corrected chi connectivity index (χ4v) is 3.57. The minimum Gasteiger partial charge on any atom is -0.480 e. The molecule has 8 heteroatoms. The van der Waals surface area contributed by atoms with Gasteiger partial charge in [-0.05, 0) is 37.0 Å². The number of aromatic nitrogens is 3. The highest BCUT2D eigenvalue weighted by molar-refractivity contribution is 6.05. The summed E-state index contributed by atoms with van der Waals surface area (Å²) >= 11 is 0. The molecular formula is C20H23N5O3. The molecule has 1 fully saturated rings. The Balaban J connectivity index is 1.68. The lowest BCUT2D eigenvalue weighted by Gasteiger charge is -2.21. The minimum absolute atomic E-state index is 0.230. The van der Waals surface area contributed by atoms with Crippen LogP contribution in [-0.4, -0.2) is 48.0 Å². The third-order valence-electron chi connectivity index (χ3n) is 5.02. The lowest BCUT2D eigenvalue weighted by Crippen LogP contribution is -2.22. The number of rotatable bonds is 4. The van der Waals surface area contributed by atoms with Crippen LogP contribution < -0.4 is 15.0 Å². The number of amides is 1. The van der Waals surface area contributed by atoms with E-state index in [1.807, 2.05) is 6.07 Å². The molecule has 28 heavy (non-hydrogen) atoms. The molecule has 2 aliphatic heterocycles. The molecular weight excluding hydrogens is 358 g/mol. The molecule has 2 aromatic heterocycles. The maximum Gasteiger partial charge on any atom is 0.257 e. The number of nitrogens with one attached hydrogen (secondary N) is 1. The molecule has 4 heterocycles. The van der Waals surface area contributed by atoms with Crippen molar-refractivity contribution in [2.24, 2.45) is 0 Å². The number of methoxy groups -OCH3 is 1. The maximum absolute atomic E-state index is 13.1. The molecule has 2 aromatic rings. The van der Waals surface area contributed by atoms with Crippen LogP contribution in [0.1, 0.15) is 34.5 Å². The van der Waals surface area contributed by atoms with Crippen molar-refractivity contribution >= 4 is 17.5 Å². The van der Waals surface area contributed by atoms with Crippen molar-refractivity contribution in [3.05, 3.63) is 47.3 Å². The molecule has 0 atom stereocenters. The van der Waals surface area contributed by atoms with Gasteiger partial charge in [0.05, 0.1) is 20.3 Å². The molecule has 1 saturated heterocycles. The van der Waals surface area contributed by atoms with E-state index in [-0.39, 0.29) is 5.91 Å². The van der Waals surface area contributed by atoms with Gasteiger partial charge in [0.15, 0.2) is 5.82 Å². The lowest BCUT2D eigenvalue weighted by molar-refractivity contribution is 0.102. The van der Waals surface area contributed by atoms with Crippen LogP contribution in [0.4, 0.5) is 11.6 Å². The van der Waals surface area contributed by atoms with E-state index in [0.29, 0.717) is 43.3 Å². The zero-order chi connectivity index (χ0) is 19.5. The van der Waals surface area contributed by atoms with E-state index in [2.05, 4.69) is 27.0 Å². The van der Waals surface area contributed by atoms with E-state index in [1.54, 1.807) is 12.1 Å². The van der Waals surface area contributed by atoms with Crippen LogP contribution in [0.3, 0.4) is 0 Å². The predicted octanol–water partition coefficient (Wildman–Crippen LogP) is 2.36. The number of allylic oxidation sites excluding steroid dienone is 1. The van der Waals surface area contributed by atoms with E-state index in [0.717, 1.165) is 42.2 Å². The molecule has 0 aliphatic carbocycles. The molecule has 0 radical (unpaired) electrons. The van der Waals surface area contributed by atoms with Crippen molar-refractivity contribution in [3.63, 3.8) is 0 Å². The van der Waals surface area contributed by atoms with Gasteiger partial charge >= 0.3 is 0 Å². The smallest absolute Gasteiger partial charge is 0.257 e.